The van der Waals surface area contributed by atoms with Crippen molar-refractivity contribution in [3.63, 3.8) is 0 Å². The molecule has 0 amide bonds. The molecule has 116 valence electrons. The Balaban J connectivity index is 1.52. The molecular weight excluding hydrogens is 279 g/mol. The first-order valence-electron chi connectivity index (χ1n) is 7.79. The van der Waals surface area contributed by atoms with Crippen molar-refractivity contribution in [3.8, 4) is 0 Å². The van der Waals surface area contributed by atoms with E-state index in [0.717, 1.165) is 44.0 Å². The Morgan fingerprint density at radius 3 is 2.27 bits per heavy atom. The molecule has 0 aliphatic carbocycles. The standard InChI is InChI=1S/C18H21FN2O/c19-16-6-8-17(9-7-16)21-12-10-20(11-13-21)14-18(22)15-4-2-1-3-5-15/h1-9,18,22H,10-14H2/p+1/t18-/m0/s1. The molecule has 1 atom stereocenters. The molecule has 1 saturated heterocycles. The number of nitrogens with one attached hydrogen (secondary N) is 1. The van der Waals surface area contributed by atoms with E-state index < -0.39 is 6.10 Å². The number of anilines is 1. The first-order valence-corrected chi connectivity index (χ1v) is 7.79. The van der Waals surface area contributed by atoms with Gasteiger partial charge in [0.15, 0.2) is 0 Å². The number of rotatable bonds is 4. The van der Waals surface area contributed by atoms with Crippen LogP contribution in [0.4, 0.5) is 10.1 Å². The maximum absolute atomic E-state index is 13.0. The second-order valence-electron chi connectivity index (χ2n) is 5.84. The topological polar surface area (TPSA) is 27.9 Å². The van der Waals surface area contributed by atoms with Gasteiger partial charge in [0, 0.05) is 5.69 Å². The van der Waals surface area contributed by atoms with Crippen molar-refractivity contribution in [2.75, 3.05) is 37.6 Å². The molecule has 3 nitrogen and oxygen atoms in total. The lowest BCUT2D eigenvalue weighted by molar-refractivity contribution is -0.904. The maximum Gasteiger partial charge on any atom is 0.128 e. The molecule has 1 aliphatic rings. The highest BCUT2D eigenvalue weighted by Crippen LogP contribution is 2.15. The van der Waals surface area contributed by atoms with Gasteiger partial charge in [0.05, 0.1) is 26.2 Å². The van der Waals surface area contributed by atoms with Gasteiger partial charge in [-0.2, -0.15) is 0 Å². The summed E-state index contributed by atoms with van der Waals surface area (Å²) in [4.78, 5) is 3.69. The van der Waals surface area contributed by atoms with Gasteiger partial charge < -0.3 is 14.9 Å². The summed E-state index contributed by atoms with van der Waals surface area (Å²) in [5, 5.41) is 10.3. The fourth-order valence-corrected chi connectivity index (χ4v) is 3.00. The van der Waals surface area contributed by atoms with E-state index in [-0.39, 0.29) is 5.82 Å². The van der Waals surface area contributed by atoms with E-state index in [1.807, 2.05) is 42.5 Å². The maximum atomic E-state index is 13.0. The summed E-state index contributed by atoms with van der Waals surface area (Å²) < 4.78 is 13.0. The van der Waals surface area contributed by atoms with Crippen LogP contribution in [0.3, 0.4) is 0 Å². The lowest BCUT2D eigenvalue weighted by Gasteiger charge is -2.34. The number of benzene rings is 2. The molecule has 0 aromatic heterocycles. The predicted molar refractivity (Wildman–Crippen MR) is 85.6 cm³/mol. The van der Waals surface area contributed by atoms with Crippen LogP contribution in [-0.4, -0.2) is 37.8 Å². The molecule has 1 heterocycles. The molecule has 4 heteroatoms. The molecule has 2 aromatic carbocycles. The molecule has 1 aliphatic heterocycles. The zero-order chi connectivity index (χ0) is 15.4. The highest BCUT2D eigenvalue weighted by Gasteiger charge is 2.23. The van der Waals surface area contributed by atoms with Gasteiger partial charge in [0.1, 0.15) is 18.5 Å². The summed E-state index contributed by atoms with van der Waals surface area (Å²) in [6, 6.07) is 16.5. The quantitative estimate of drug-likeness (QED) is 0.890. The molecule has 0 unspecified atom stereocenters. The largest absolute Gasteiger partial charge is 0.382 e. The second-order valence-corrected chi connectivity index (χ2v) is 5.84. The van der Waals surface area contributed by atoms with Crippen molar-refractivity contribution in [1.29, 1.82) is 0 Å². The molecule has 0 spiro atoms. The van der Waals surface area contributed by atoms with Crippen molar-refractivity contribution in [2.45, 2.75) is 6.10 Å². The van der Waals surface area contributed by atoms with E-state index in [1.54, 1.807) is 0 Å². The lowest BCUT2D eigenvalue weighted by Crippen LogP contribution is -3.15. The molecule has 0 saturated carbocycles. The van der Waals surface area contributed by atoms with Crippen molar-refractivity contribution in [2.24, 2.45) is 0 Å². The predicted octanol–water partition coefficient (Wildman–Crippen LogP) is 1.26. The highest BCUT2D eigenvalue weighted by molar-refractivity contribution is 5.46. The minimum atomic E-state index is -0.409. The Bertz CT molecular complexity index is 580. The molecule has 2 N–H and O–H groups in total. The van der Waals surface area contributed by atoms with Crippen molar-refractivity contribution in [1.82, 2.24) is 0 Å². The van der Waals surface area contributed by atoms with Crippen LogP contribution in [0, 0.1) is 5.82 Å². The van der Waals surface area contributed by atoms with Gasteiger partial charge in [0.2, 0.25) is 0 Å². The zero-order valence-electron chi connectivity index (χ0n) is 12.6. The van der Waals surface area contributed by atoms with Gasteiger partial charge in [-0.1, -0.05) is 30.3 Å². The summed E-state index contributed by atoms with van der Waals surface area (Å²) in [7, 11) is 0. The van der Waals surface area contributed by atoms with Crippen LogP contribution >= 0.6 is 0 Å². The summed E-state index contributed by atoms with van der Waals surface area (Å²) in [6.07, 6.45) is -0.409. The monoisotopic (exact) mass is 301 g/mol. The lowest BCUT2D eigenvalue weighted by atomic mass is 10.1. The van der Waals surface area contributed by atoms with Crippen LogP contribution in [-0.2, 0) is 0 Å². The van der Waals surface area contributed by atoms with Gasteiger partial charge in [-0.15, -0.1) is 0 Å². The van der Waals surface area contributed by atoms with Crippen LogP contribution in [0.2, 0.25) is 0 Å². The van der Waals surface area contributed by atoms with Gasteiger partial charge in [-0.3, -0.25) is 0 Å². The van der Waals surface area contributed by atoms with E-state index in [4.69, 9.17) is 0 Å². The van der Waals surface area contributed by atoms with Gasteiger partial charge in [-0.05, 0) is 29.8 Å². The van der Waals surface area contributed by atoms with Gasteiger partial charge in [-0.25, -0.2) is 4.39 Å². The number of halogens is 1. The fourth-order valence-electron chi connectivity index (χ4n) is 3.00. The van der Waals surface area contributed by atoms with E-state index in [0.29, 0.717) is 0 Å². The number of nitrogens with zero attached hydrogens (tertiary/aromatic N) is 1. The molecular formula is C18H22FN2O+. The smallest absolute Gasteiger partial charge is 0.128 e. The normalized spacial score (nSPS) is 17.5. The number of aliphatic hydroxyl groups excluding tert-OH is 1. The number of hydrogen-bond donors (Lipinski definition) is 2. The Morgan fingerprint density at radius 2 is 1.64 bits per heavy atom. The van der Waals surface area contributed by atoms with E-state index in [9.17, 15) is 9.50 Å². The number of piperazine rings is 1. The van der Waals surface area contributed by atoms with E-state index >= 15 is 0 Å². The summed E-state index contributed by atoms with van der Waals surface area (Å²) in [5.41, 5.74) is 2.06. The SMILES string of the molecule is O[C@@H](C[NH+]1CCN(c2ccc(F)cc2)CC1)c1ccccc1. The number of aliphatic hydroxyl groups is 1. The summed E-state index contributed by atoms with van der Waals surface area (Å²) in [6.45, 7) is 4.58. The van der Waals surface area contributed by atoms with Gasteiger partial charge in [0.25, 0.3) is 0 Å². The third-order valence-electron chi connectivity index (χ3n) is 4.33. The molecule has 1 fully saturated rings. The van der Waals surface area contributed by atoms with Crippen LogP contribution < -0.4 is 9.80 Å². The average Bonchev–Trinajstić information content (AvgIpc) is 2.57. The molecule has 3 rings (SSSR count). The Hall–Kier alpha value is -1.91. The number of hydrogen-bond acceptors (Lipinski definition) is 2. The van der Waals surface area contributed by atoms with E-state index in [1.165, 1.54) is 17.0 Å². The summed E-state index contributed by atoms with van der Waals surface area (Å²) >= 11 is 0. The molecule has 0 bridgehead atoms. The van der Waals surface area contributed by atoms with Crippen molar-refractivity contribution < 1.29 is 14.4 Å². The first kappa shape index (κ1) is 15.0. The molecule has 22 heavy (non-hydrogen) atoms. The minimum absolute atomic E-state index is 0.195. The Labute approximate surface area is 130 Å². The van der Waals surface area contributed by atoms with Crippen LogP contribution in [0.25, 0.3) is 0 Å². The first-order chi connectivity index (χ1) is 10.7. The highest BCUT2D eigenvalue weighted by atomic mass is 19.1. The Morgan fingerprint density at radius 1 is 1.00 bits per heavy atom. The third-order valence-corrected chi connectivity index (χ3v) is 4.33. The zero-order valence-corrected chi connectivity index (χ0v) is 12.6. The average molecular weight is 301 g/mol. The van der Waals surface area contributed by atoms with Crippen LogP contribution in [0.5, 0.6) is 0 Å². The van der Waals surface area contributed by atoms with Crippen LogP contribution in [0.1, 0.15) is 11.7 Å². The second kappa shape index (κ2) is 6.90. The van der Waals surface area contributed by atoms with Gasteiger partial charge >= 0.3 is 0 Å². The van der Waals surface area contributed by atoms with Crippen molar-refractivity contribution >= 4 is 5.69 Å². The number of quaternary nitrogens is 1. The molecule has 2 aromatic rings. The van der Waals surface area contributed by atoms with E-state index in [2.05, 4.69) is 4.90 Å². The Kier molecular flexibility index (Phi) is 4.71. The summed E-state index contributed by atoms with van der Waals surface area (Å²) in [5.74, 6) is -0.195. The minimum Gasteiger partial charge on any atom is -0.382 e. The molecule has 0 radical (unpaired) electrons. The van der Waals surface area contributed by atoms with Crippen molar-refractivity contribution in [3.05, 3.63) is 66.0 Å². The fraction of sp³-hybridized carbons (Fsp3) is 0.333. The van der Waals surface area contributed by atoms with Crippen LogP contribution in [0.15, 0.2) is 54.6 Å². The third kappa shape index (κ3) is 3.64.